The summed E-state index contributed by atoms with van der Waals surface area (Å²) in [5, 5.41) is 0.206. The monoisotopic (exact) mass is 280 g/mol. The van der Waals surface area contributed by atoms with Crippen molar-refractivity contribution in [2.45, 2.75) is 43.1 Å². The Bertz CT molecular complexity index is 480. The fourth-order valence-corrected chi connectivity index (χ4v) is 3.71. The van der Waals surface area contributed by atoms with Crippen LogP contribution in [0.5, 0.6) is 5.88 Å². The lowest BCUT2D eigenvalue weighted by Gasteiger charge is -2.37. The third kappa shape index (κ3) is 2.18. The molecule has 3 heterocycles. The number of hydrogen-bond donors (Lipinski definition) is 0. The number of aromatic nitrogens is 1. The number of alkyl halides is 1. The largest absolute Gasteiger partial charge is 0.480 e. The summed E-state index contributed by atoms with van der Waals surface area (Å²) in [6.07, 6.45) is 5.54. The quantitative estimate of drug-likeness (QED) is 0.782. The van der Waals surface area contributed by atoms with Crippen LogP contribution in [0, 0.1) is 0 Å². The highest BCUT2D eigenvalue weighted by Crippen LogP contribution is 2.39. The lowest BCUT2D eigenvalue weighted by molar-refractivity contribution is 0.0595. The number of halogens is 1. The van der Waals surface area contributed by atoms with Gasteiger partial charge in [-0.05, 0) is 37.8 Å². The Morgan fingerprint density at radius 1 is 1.42 bits per heavy atom. The maximum Gasteiger partial charge on any atom is 0.259 e. The second-order valence-corrected chi connectivity index (χ2v) is 5.84. The van der Waals surface area contributed by atoms with Crippen molar-refractivity contribution in [2.75, 3.05) is 7.11 Å². The molecule has 2 unspecified atom stereocenters. The minimum absolute atomic E-state index is 0.0287. The molecule has 0 radical (unpaired) electrons. The van der Waals surface area contributed by atoms with Gasteiger partial charge in [0.05, 0.1) is 7.11 Å². The number of carbonyl (C=O) groups excluding carboxylic acids is 1. The van der Waals surface area contributed by atoms with Gasteiger partial charge in [0.2, 0.25) is 5.88 Å². The number of hydrogen-bond acceptors (Lipinski definition) is 3. The number of methoxy groups -OCH3 is 1. The zero-order chi connectivity index (χ0) is 13.4. The first kappa shape index (κ1) is 12.7. The Hall–Kier alpha value is -1.29. The Morgan fingerprint density at radius 2 is 2.11 bits per heavy atom. The minimum atomic E-state index is 0.0287. The number of rotatable bonds is 2. The fourth-order valence-electron chi connectivity index (χ4n) is 3.30. The summed E-state index contributed by atoms with van der Waals surface area (Å²) >= 11 is 6.25. The third-order valence-corrected chi connectivity index (χ3v) is 4.46. The van der Waals surface area contributed by atoms with Gasteiger partial charge in [0.25, 0.3) is 5.91 Å². The minimum Gasteiger partial charge on any atom is -0.480 e. The summed E-state index contributed by atoms with van der Waals surface area (Å²) in [5.74, 6) is 0.431. The first-order valence-corrected chi connectivity index (χ1v) is 7.10. The number of ether oxygens (including phenoxy) is 1. The van der Waals surface area contributed by atoms with E-state index in [0.29, 0.717) is 11.4 Å². The first-order valence-electron chi connectivity index (χ1n) is 6.66. The normalized spacial score (nSPS) is 29.4. The summed E-state index contributed by atoms with van der Waals surface area (Å²) in [4.78, 5) is 18.8. The molecule has 2 saturated heterocycles. The molecular weight excluding hydrogens is 264 g/mol. The highest BCUT2D eigenvalue weighted by molar-refractivity contribution is 6.20. The molecule has 2 aliphatic heterocycles. The maximum absolute atomic E-state index is 12.7. The van der Waals surface area contributed by atoms with E-state index in [1.54, 1.807) is 25.4 Å². The van der Waals surface area contributed by atoms with Crippen molar-refractivity contribution in [3.05, 3.63) is 23.9 Å². The number of piperidine rings is 1. The Balaban J connectivity index is 1.89. The molecule has 2 bridgehead atoms. The molecule has 1 amide bonds. The first-order chi connectivity index (χ1) is 9.20. The zero-order valence-electron chi connectivity index (χ0n) is 10.9. The fraction of sp³-hybridized carbons (Fsp3) is 0.571. The average molecular weight is 281 g/mol. The lowest BCUT2D eigenvalue weighted by Crippen LogP contribution is -2.47. The number of pyridine rings is 1. The molecule has 0 aliphatic carbocycles. The molecule has 1 aromatic heterocycles. The van der Waals surface area contributed by atoms with Crippen LogP contribution in [0.2, 0.25) is 0 Å². The molecule has 0 saturated carbocycles. The van der Waals surface area contributed by atoms with Crippen molar-refractivity contribution in [1.29, 1.82) is 0 Å². The van der Waals surface area contributed by atoms with Gasteiger partial charge >= 0.3 is 0 Å². The van der Waals surface area contributed by atoms with E-state index in [4.69, 9.17) is 16.3 Å². The smallest absolute Gasteiger partial charge is 0.259 e. The highest BCUT2D eigenvalue weighted by atomic mass is 35.5. The number of carbonyl (C=O) groups is 1. The summed E-state index contributed by atoms with van der Waals surface area (Å²) in [5.41, 5.74) is 0.551. The second kappa shape index (κ2) is 5.00. The molecule has 0 spiro atoms. The van der Waals surface area contributed by atoms with Crippen molar-refractivity contribution >= 4 is 17.5 Å². The van der Waals surface area contributed by atoms with Crippen molar-refractivity contribution in [1.82, 2.24) is 9.88 Å². The van der Waals surface area contributed by atoms with Gasteiger partial charge in [-0.1, -0.05) is 0 Å². The molecular formula is C14H17ClN2O2. The summed E-state index contributed by atoms with van der Waals surface area (Å²) < 4.78 is 5.18. The van der Waals surface area contributed by atoms with E-state index < -0.39 is 0 Å². The van der Waals surface area contributed by atoms with Crippen LogP contribution in [0.1, 0.15) is 36.0 Å². The van der Waals surface area contributed by atoms with Crippen molar-refractivity contribution < 1.29 is 9.53 Å². The molecule has 2 aliphatic rings. The van der Waals surface area contributed by atoms with Gasteiger partial charge in [-0.2, -0.15) is 0 Å². The summed E-state index contributed by atoms with van der Waals surface area (Å²) in [6.45, 7) is 0. The van der Waals surface area contributed by atoms with Crippen molar-refractivity contribution in [3.8, 4) is 5.88 Å². The van der Waals surface area contributed by atoms with Gasteiger partial charge in [0.1, 0.15) is 5.56 Å². The van der Waals surface area contributed by atoms with E-state index in [0.717, 1.165) is 25.7 Å². The van der Waals surface area contributed by atoms with Gasteiger partial charge in [-0.15, -0.1) is 11.6 Å². The van der Waals surface area contributed by atoms with Gasteiger partial charge in [-0.25, -0.2) is 4.98 Å². The molecule has 102 valence electrons. The van der Waals surface area contributed by atoms with Gasteiger partial charge < -0.3 is 9.64 Å². The molecule has 0 N–H and O–H groups in total. The molecule has 0 aromatic carbocycles. The summed E-state index contributed by atoms with van der Waals surface area (Å²) in [7, 11) is 1.54. The average Bonchev–Trinajstić information content (AvgIpc) is 2.70. The second-order valence-electron chi connectivity index (χ2n) is 5.23. The van der Waals surface area contributed by atoms with Gasteiger partial charge in [-0.3, -0.25) is 4.79 Å². The van der Waals surface area contributed by atoms with Crippen LogP contribution in [0.4, 0.5) is 0 Å². The Kier molecular flexibility index (Phi) is 3.35. The third-order valence-electron chi connectivity index (χ3n) is 4.10. The van der Waals surface area contributed by atoms with Gasteiger partial charge in [0, 0.05) is 23.7 Å². The van der Waals surface area contributed by atoms with Crippen LogP contribution in [0.25, 0.3) is 0 Å². The maximum atomic E-state index is 12.7. The molecule has 2 atom stereocenters. The number of amides is 1. The number of fused-ring (bicyclic) bond motifs is 2. The standard InChI is InChI=1S/C14H17ClN2O2/c1-19-13-12(3-2-6-16-13)14(18)17-10-4-5-11(17)8-9(15)7-10/h2-3,6,9-11H,4-5,7-8H2,1H3. The van der Waals surface area contributed by atoms with Crippen LogP contribution in [0.15, 0.2) is 18.3 Å². The van der Waals surface area contributed by atoms with Crippen LogP contribution in [-0.2, 0) is 0 Å². The molecule has 19 heavy (non-hydrogen) atoms. The van der Waals surface area contributed by atoms with E-state index in [2.05, 4.69) is 4.98 Å². The van der Waals surface area contributed by atoms with E-state index in [1.807, 2.05) is 4.90 Å². The van der Waals surface area contributed by atoms with Crippen LogP contribution in [0.3, 0.4) is 0 Å². The topological polar surface area (TPSA) is 42.4 Å². The highest BCUT2D eigenvalue weighted by Gasteiger charge is 2.43. The van der Waals surface area contributed by atoms with Crippen LogP contribution in [-0.4, -0.2) is 40.4 Å². The van der Waals surface area contributed by atoms with E-state index >= 15 is 0 Å². The van der Waals surface area contributed by atoms with Gasteiger partial charge in [0.15, 0.2) is 0 Å². The molecule has 5 heteroatoms. The predicted molar refractivity (Wildman–Crippen MR) is 72.6 cm³/mol. The summed E-state index contributed by atoms with van der Waals surface area (Å²) in [6, 6.07) is 4.10. The van der Waals surface area contributed by atoms with E-state index in [9.17, 15) is 4.79 Å². The van der Waals surface area contributed by atoms with Crippen LogP contribution < -0.4 is 4.74 Å². The van der Waals surface area contributed by atoms with Crippen molar-refractivity contribution in [2.24, 2.45) is 0 Å². The van der Waals surface area contributed by atoms with E-state index in [1.165, 1.54) is 0 Å². The Morgan fingerprint density at radius 3 is 2.74 bits per heavy atom. The SMILES string of the molecule is COc1ncccc1C(=O)N1C2CCC1CC(Cl)C2. The Labute approximate surface area is 117 Å². The number of nitrogens with zero attached hydrogens (tertiary/aromatic N) is 2. The molecule has 4 nitrogen and oxygen atoms in total. The molecule has 2 fully saturated rings. The lowest BCUT2D eigenvalue weighted by atomic mass is 10.0. The zero-order valence-corrected chi connectivity index (χ0v) is 11.6. The van der Waals surface area contributed by atoms with Crippen LogP contribution >= 0.6 is 11.6 Å². The van der Waals surface area contributed by atoms with E-state index in [-0.39, 0.29) is 23.4 Å². The molecule has 1 aromatic rings. The predicted octanol–water partition coefficient (Wildman–Crippen LogP) is 2.46. The van der Waals surface area contributed by atoms with Crippen molar-refractivity contribution in [3.63, 3.8) is 0 Å². The molecule has 3 rings (SSSR count).